The number of ether oxygens (including phenoxy) is 1. The molecule has 0 aromatic heterocycles. The quantitative estimate of drug-likeness (QED) is 0.420. The summed E-state index contributed by atoms with van der Waals surface area (Å²) < 4.78 is 34.2. The van der Waals surface area contributed by atoms with Crippen molar-refractivity contribution in [1.29, 1.82) is 5.26 Å². The molecule has 1 aliphatic rings. The lowest BCUT2D eigenvalue weighted by Crippen LogP contribution is -2.44. The first-order valence-electron chi connectivity index (χ1n) is 11.2. The first-order valence-corrected chi connectivity index (χ1v) is 13.1. The molecule has 8 heteroatoms. The highest BCUT2D eigenvalue weighted by Gasteiger charge is 2.29. The van der Waals surface area contributed by atoms with Crippen LogP contribution in [0.15, 0.2) is 77.7 Å². The molecule has 0 bridgehead atoms. The number of halogens is 1. The maximum Gasteiger partial charge on any atom is 0.243 e. The largest absolute Gasteiger partial charge is 0.494 e. The van der Waals surface area contributed by atoms with E-state index >= 15 is 0 Å². The van der Waals surface area contributed by atoms with Crippen LogP contribution >= 0.6 is 11.6 Å². The van der Waals surface area contributed by atoms with E-state index in [0.29, 0.717) is 12.2 Å². The van der Waals surface area contributed by atoms with Gasteiger partial charge in [-0.05, 0) is 73.3 Å². The molecule has 0 spiro atoms. The average Bonchev–Trinajstić information content (AvgIpc) is 3.28. The average molecular weight is 496 g/mol. The van der Waals surface area contributed by atoms with E-state index in [0.717, 1.165) is 49.2 Å². The molecule has 3 aromatic carbocycles. The monoisotopic (exact) mass is 495 g/mol. The summed E-state index contributed by atoms with van der Waals surface area (Å²) in [5, 5.41) is 9.14. The van der Waals surface area contributed by atoms with E-state index in [1.165, 1.54) is 6.07 Å². The van der Waals surface area contributed by atoms with Gasteiger partial charge in [0, 0.05) is 6.54 Å². The van der Waals surface area contributed by atoms with E-state index in [9.17, 15) is 8.42 Å². The van der Waals surface area contributed by atoms with Gasteiger partial charge >= 0.3 is 0 Å². The first kappa shape index (κ1) is 24.2. The van der Waals surface area contributed by atoms with Crippen LogP contribution in [0.1, 0.15) is 24.8 Å². The van der Waals surface area contributed by atoms with Gasteiger partial charge in [-0.25, -0.2) is 8.42 Å². The second-order valence-corrected chi connectivity index (χ2v) is 10.3. The van der Waals surface area contributed by atoms with Gasteiger partial charge in [-0.15, -0.1) is 0 Å². The van der Waals surface area contributed by atoms with E-state index < -0.39 is 10.0 Å². The van der Waals surface area contributed by atoms with E-state index in [-0.39, 0.29) is 16.1 Å². The molecular weight excluding hydrogens is 470 g/mol. The third kappa shape index (κ3) is 5.96. The third-order valence-corrected chi connectivity index (χ3v) is 7.80. The molecule has 176 valence electrons. The minimum Gasteiger partial charge on any atom is -0.494 e. The van der Waals surface area contributed by atoms with Gasteiger partial charge in [-0.2, -0.15) is 9.98 Å². The number of nitriles is 1. The summed E-state index contributed by atoms with van der Waals surface area (Å²) in [5.74, 6) is 0.787. The number of benzene rings is 3. The highest BCUT2D eigenvalue weighted by atomic mass is 35.5. The second kappa shape index (κ2) is 11.0. The van der Waals surface area contributed by atoms with Crippen molar-refractivity contribution in [2.45, 2.75) is 30.3 Å². The summed E-state index contributed by atoms with van der Waals surface area (Å²) in [5.41, 5.74) is 2.74. The number of rotatable bonds is 9. The molecule has 1 heterocycles. The SMILES string of the molecule is N#Cc1ccc(-c2ccc(OCCCN3CCCC3NS(=O)(=O)c3ccccc3Cl)cc2)cc1. The number of sulfonamides is 1. The number of nitrogens with zero attached hydrogens (tertiary/aromatic N) is 2. The topological polar surface area (TPSA) is 82.4 Å². The molecule has 3 aromatic rings. The zero-order valence-electron chi connectivity index (χ0n) is 18.7. The fourth-order valence-corrected chi connectivity index (χ4v) is 5.85. The van der Waals surface area contributed by atoms with Crippen molar-refractivity contribution in [3.05, 3.63) is 83.4 Å². The molecule has 0 amide bonds. The van der Waals surface area contributed by atoms with E-state index in [2.05, 4.69) is 15.7 Å². The Morgan fingerprint density at radius 3 is 2.38 bits per heavy atom. The third-order valence-electron chi connectivity index (χ3n) is 5.84. The van der Waals surface area contributed by atoms with Crippen molar-refractivity contribution in [2.24, 2.45) is 0 Å². The van der Waals surface area contributed by atoms with Crippen molar-refractivity contribution >= 4 is 21.6 Å². The molecular formula is C26H26ClN3O3S. The van der Waals surface area contributed by atoms with Gasteiger partial charge in [0.25, 0.3) is 0 Å². The minimum absolute atomic E-state index is 0.108. The Morgan fingerprint density at radius 1 is 1.03 bits per heavy atom. The predicted octanol–water partition coefficient (Wildman–Crippen LogP) is 5.05. The molecule has 1 unspecified atom stereocenters. The summed E-state index contributed by atoms with van der Waals surface area (Å²) >= 11 is 6.09. The van der Waals surface area contributed by atoms with E-state index in [4.69, 9.17) is 21.6 Å². The molecule has 34 heavy (non-hydrogen) atoms. The van der Waals surface area contributed by atoms with Gasteiger partial charge in [0.1, 0.15) is 10.6 Å². The lowest BCUT2D eigenvalue weighted by molar-refractivity contribution is 0.214. The Kier molecular flexibility index (Phi) is 7.86. The van der Waals surface area contributed by atoms with Gasteiger partial charge in [-0.3, -0.25) is 4.90 Å². The lowest BCUT2D eigenvalue weighted by atomic mass is 10.0. The van der Waals surface area contributed by atoms with Crippen molar-refractivity contribution < 1.29 is 13.2 Å². The fourth-order valence-electron chi connectivity index (χ4n) is 4.07. The molecule has 6 nitrogen and oxygen atoms in total. The van der Waals surface area contributed by atoms with Crippen LogP contribution in [0.2, 0.25) is 5.02 Å². The minimum atomic E-state index is -3.68. The molecule has 1 fully saturated rings. The van der Waals surface area contributed by atoms with Crippen LogP contribution in [-0.4, -0.2) is 39.2 Å². The summed E-state index contributed by atoms with van der Waals surface area (Å²) in [6, 6.07) is 23.9. The molecule has 1 atom stereocenters. The van der Waals surface area contributed by atoms with Gasteiger partial charge in [-0.1, -0.05) is 48.0 Å². The van der Waals surface area contributed by atoms with Gasteiger partial charge in [0.2, 0.25) is 10.0 Å². The summed E-state index contributed by atoms with van der Waals surface area (Å²) in [4.78, 5) is 2.25. The highest BCUT2D eigenvalue weighted by Crippen LogP contribution is 2.24. The second-order valence-electron chi connectivity index (χ2n) is 8.16. The van der Waals surface area contributed by atoms with Crippen LogP contribution in [0, 0.1) is 11.3 Å². The van der Waals surface area contributed by atoms with Gasteiger partial charge < -0.3 is 4.74 Å². The van der Waals surface area contributed by atoms with E-state index in [1.54, 1.807) is 30.3 Å². The number of nitrogens with one attached hydrogen (secondary N) is 1. The van der Waals surface area contributed by atoms with Crippen LogP contribution < -0.4 is 9.46 Å². The molecule has 0 aliphatic carbocycles. The van der Waals surface area contributed by atoms with Crippen LogP contribution in [0.25, 0.3) is 11.1 Å². The summed E-state index contributed by atoms with van der Waals surface area (Å²) in [7, 11) is -3.68. The van der Waals surface area contributed by atoms with Crippen molar-refractivity contribution in [3.8, 4) is 22.9 Å². The van der Waals surface area contributed by atoms with Crippen LogP contribution in [0.4, 0.5) is 0 Å². The summed E-state index contributed by atoms with van der Waals surface area (Å²) in [6.45, 7) is 2.12. The Balaban J connectivity index is 1.26. The first-order chi connectivity index (χ1) is 16.5. The van der Waals surface area contributed by atoms with Crippen molar-refractivity contribution in [2.75, 3.05) is 19.7 Å². The van der Waals surface area contributed by atoms with Crippen LogP contribution in [0.5, 0.6) is 5.75 Å². The van der Waals surface area contributed by atoms with Gasteiger partial charge in [0.15, 0.2) is 0 Å². The molecule has 0 saturated carbocycles. The Bertz CT molecular complexity index is 1260. The van der Waals surface area contributed by atoms with Gasteiger partial charge in [0.05, 0.1) is 29.4 Å². The maximum atomic E-state index is 12.8. The zero-order valence-corrected chi connectivity index (χ0v) is 20.2. The van der Waals surface area contributed by atoms with Crippen LogP contribution in [0.3, 0.4) is 0 Å². The summed E-state index contributed by atoms with van der Waals surface area (Å²) in [6.07, 6.45) is 2.24. The lowest BCUT2D eigenvalue weighted by Gasteiger charge is -2.25. The number of hydrogen-bond donors (Lipinski definition) is 1. The Hall–Kier alpha value is -2.89. The Labute approximate surface area is 205 Å². The normalized spacial score (nSPS) is 16.3. The molecule has 1 aliphatic heterocycles. The van der Waals surface area contributed by atoms with Crippen LogP contribution in [-0.2, 0) is 10.0 Å². The van der Waals surface area contributed by atoms with Crippen molar-refractivity contribution in [3.63, 3.8) is 0 Å². The number of likely N-dealkylation sites (tertiary alicyclic amines) is 1. The highest BCUT2D eigenvalue weighted by molar-refractivity contribution is 7.89. The molecule has 1 N–H and O–H groups in total. The molecule has 1 saturated heterocycles. The zero-order chi connectivity index (χ0) is 24.0. The van der Waals surface area contributed by atoms with E-state index in [1.807, 2.05) is 36.4 Å². The maximum absolute atomic E-state index is 12.8. The number of hydrogen-bond acceptors (Lipinski definition) is 5. The smallest absolute Gasteiger partial charge is 0.243 e. The molecule has 0 radical (unpaired) electrons. The Morgan fingerprint density at radius 2 is 1.71 bits per heavy atom. The predicted molar refractivity (Wildman–Crippen MR) is 133 cm³/mol. The molecule has 4 rings (SSSR count). The fraction of sp³-hybridized carbons (Fsp3) is 0.269. The van der Waals surface area contributed by atoms with Crippen molar-refractivity contribution in [1.82, 2.24) is 9.62 Å². The standard InChI is InChI=1S/C26H26ClN3O3S/c27-24-5-1-2-6-25(24)34(31,32)29-26-7-3-16-30(26)17-4-18-33-23-14-12-22(13-15-23)21-10-8-20(19-28)9-11-21/h1-2,5-6,8-15,26,29H,3-4,7,16-18H2.